The zero-order valence-electron chi connectivity index (χ0n) is 7.70. The second-order valence-corrected chi connectivity index (χ2v) is 3.99. The fourth-order valence-corrected chi connectivity index (χ4v) is 1.91. The summed E-state index contributed by atoms with van der Waals surface area (Å²) < 4.78 is 26.3. The van der Waals surface area contributed by atoms with Crippen LogP contribution in [0.5, 0.6) is 0 Å². The number of aryl methyl sites for hydroxylation is 1. The van der Waals surface area contributed by atoms with Crippen molar-refractivity contribution in [3.8, 4) is 0 Å². The number of nitrogens with zero attached hydrogens (tertiary/aromatic N) is 2. The number of alkyl halides is 2. The number of rotatable bonds is 1. The van der Waals surface area contributed by atoms with Gasteiger partial charge in [0.1, 0.15) is 6.17 Å². The Morgan fingerprint density at radius 2 is 2.29 bits per heavy atom. The number of fused-ring (bicyclic) bond motifs is 1. The molecule has 5 heteroatoms. The summed E-state index contributed by atoms with van der Waals surface area (Å²) in [5, 5.41) is 0.619. The van der Waals surface area contributed by atoms with E-state index in [1.807, 2.05) is 6.26 Å². The van der Waals surface area contributed by atoms with Crippen LogP contribution in [0.1, 0.15) is 23.8 Å². The van der Waals surface area contributed by atoms with E-state index >= 15 is 0 Å². The van der Waals surface area contributed by atoms with Crippen molar-refractivity contribution >= 4 is 11.8 Å². The van der Waals surface area contributed by atoms with E-state index in [2.05, 4.69) is 9.97 Å². The maximum atomic E-state index is 13.3. The molecule has 0 saturated heterocycles. The van der Waals surface area contributed by atoms with Crippen LogP contribution in [0.3, 0.4) is 0 Å². The van der Waals surface area contributed by atoms with Gasteiger partial charge in [-0.15, -0.1) is 0 Å². The van der Waals surface area contributed by atoms with E-state index in [0.717, 1.165) is 0 Å². The van der Waals surface area contributed by atoms with Crippen molar-refractivity contribution in [1.29, 1.82) is 0 Å². The Hall–Kier alpha value is -0.710. The third kappa shape index (κ3) is 1.61. The van der Waals surface area contributed by atoms with Crippen molar-refractivity contribution in [2.75, 3.05) is 6.26 Å². The zero-order chi connectivity index (χ0) is 10.1. The standard InChI is InChI=1S/C9H10F2N2S/c1-14-9-12-4-5-7(13-9)3-2-6(10)8(5)11/h4,6,8H,2-3H2,1H3. The highest BCUT2D eigenvalue weighted by Gasteiger charge is 2.30. The highest BCUT2D eigenvalue weighted by Crippen LogP contribution is 2.33. The predicted octanol–water partition coefficient (Wildman–Crippen LogP) is 2.49. The van der Waals surface area contributed by atoms with Crippen molar-refractivity contribution in [2.24, 2.45) is 0 Å². The minimum atomic E-state index is -1.55. The number of thioether (sulfide) groups is 1. The number of halogens is 2. The Bertz CT molecular complexity index is 346. The van der Waals surface area contributed by atoms with Gasteiger partial charge in [0.05, 0.1) is 5.69 Å². The van der Waals surface area contributed by atoms with Crippen LogP contribution in [0, 0.1) is 0 Å². The summed E-state index contributed by atoms with van der Waals surface area (Å²) in [4.78, 5) is 8.10. The van der Waals surface area contributed by atoms with Crippen LogP contribution in [0.15, 0.2) is 11.4 Å². The third-order valence-corrected chi connectivity index (χ3v) is 2.89. The third-order valence-electron chi connectivity index (χ3n) is 2.33. The first-order chi connectivity index (χ1) is 6.72. The SMILES string of the molecule is CSc1ncc2c(n1)CCC(F)C2F. The molecule has 0 bridgehead atoms. The lowest BCUT2D eigenvalue weighted by molar-refractivity contribution is 0.146. The lowest BCUT2D eigenvalue weighted by Gasteiger charge is -2.21. The molecule has 1 aromatic heterocycles. The molecule has 1 aliphatic carbocycles. The number of hydrogen-bond donors (Lipinski definition) is 0. The fourth-order valence-electron chi connectivity index (χ4n) is 1.55. The average molecular weight is 216 g/mol. The summed E-state index contributed by atoms with van der Waals surface area (Å²) in [6.07, 6.45) is 1.05. The first-order valence-corrected chi connectivity index (χ1v) is 5.63. The Morgan fingerprint density at radius 3 is 3.00 bits per heavy atom. The monoisotopic (exact) mass is 216 g/mol. The summed E-state index contributed by atoms with van der Waals surface area (Å²) >= 11 is 1.41. The van der Waals surface area contributed by atoms with Crippen molar-refractivity contribution in [2.45, 2.75) is 30.3 Å². The molecule has 1 aliphatic rings. The maximum Gasteiger partial charge on any atom is 0.187 e. The molecule has 0 N–H and O–H groups in total. The summed E-state index contributed by atoms with van der Waals surface area (Å²) in [6, 6.07) is 0. The number of hydrogen-bond acceptors (Lipinski definition) is 3. The van der Waals surface area contributed by atoms with Gasteiger partial charge < -0.3 is 0 Å². The van der Waals surface area contributed by atoms with Gasteiger partial charge in [-0.25, -0.2) is 18.7 Å². The van der Waals surface area contributed by atoms with Gasteiger partial charge in [0, 0.05) is 11.8 Å². The van der Waals surface area contributed by atoms with Crippen LogP contribution >= 0.6 is 11.8 Å². The van der Waals surface area contributed by atoms with Gasteiger partial charge >= 0.3 is 0 Å². The largest absolute Gasteiger partial charge is 0.244 e. The Labute approximate surface area is 85.1 Å². The fraction of sp³-hybridized carbons (Fsp3) is 0.556. The summed E-state index contributed by atoms with van der Waals surface area (Å²) in [5.41, 5.74) is 0.979. The molecule has 2 rings (SSSR count). The summed E-state index contributed by atoms with van der Waals surface area (Å²) in [5.74, 6) is 0. The van der Waals surface area contributed by atoms with Crippen molar-refractivity contribution in [3.05, 3.63) is 17.5 Å². The molecule has 0 spiro atoms. The molecule has 0 aliphatic heterocycles. The van der Waals surface area contributed by atoms with Crippen LogP contribution in [0.25, 0.3) is 0 Å². The molecule has 2 unspecified atom stereocenters. The second-order valence-electron chi connectivity index (χ2n) is 3.22. The molecule has 76 valence electrons. The van der Waals surface area contributed by atoms with Gasteiger partial charge in [-0.2, -0.15) is 0 Å². The van der Waals surface area contributed by atoms with Crippen LogP contribution < -0.4 is 0 Å². The quantitative estimate of drug-likeness (QED) is 0.533. The van der Waals surface area contributed by atoms with Crippen molar-refractivity contribution in [3.63, 3.8) is 0 Å². The molecule has 0 amide bonds. The molecule has 1 heterocycles. The molecule has 2 atom stereocenters. The first kappa shape index (κ1) is 9.83. The molecule has 0 fully saturated rings. The maximum absolute atomic E-state index is 13.3. The van der Waals surface area contributed by atoms with E-state index in [1.54, 1.807) is 0 Å². The molecule has 1 aromatic rings. The topological polar surface area (TPSA) is 25.8 Å². The predicted molar refractivity (Wildman–Crippen MR) is 50.9 cm³/mol. The summed E-state index contributed by atoms with van der Waals surface area (Å²) in [7, 11) is 0. The first-order valence-electron chi connectivity index (χ1n) is 4.40. The molecule has 0 aromatic carbocycles. The van der Waals surface area contributed by atoms with Crippen molar-refractivity contribution in [1.82, 2.24) is 9.97 Å². The normalized spacial score (nSPS) is 25.9. The van der Waals surface area contributed by atoms with Gasteiger partial charge in [0.25, 0.3) is 0 Å². The van der Waals surface area contributed by atoms with Crippen LogP contribution in [-0.2, 0) is 6.42 Å². The lowest BCUT2D eigenvalue weighted by Crippen LogP contribution is -2.20. The highest BCUT2D eigenvalue weighted by atomic mass is 32.2. The second kappa shape index (κ2) is 3.81. The van der Waals surface area contributed by atoms with Gasteiger partial charge in [-0.3, -0.25) is 0 Å². The van der Waals surface area contributed by atoms with E-state index in [-0.39, 0.29) is 6.42 Å². The molecule has 0 saturated carbocycles. The van der Waals surface area contributed by atoms with Gasteiger partial charge in [-0.05, 0) is 19.1 Å². The Balaban J connectivity index is 2.38. The molecule has 14 heavy (non-hydrogen) atoms. The van der Waals surface area contributed by atoms with Gasteiger partial charge in [0.15, 0.2) is 11.3 Å². The van der Waals surface area contributed by atoms with Crippen LogP contribution in [-0.4, -0.2) is 22.4 Å². The minimum Gasteiger partial charge on any atom is -0.244 e. The molecule has 2 nitrogen and oxygen atoms in total. The minimum absolute atomic E-state index is 0.221. The van der Waals surface area contributed by atoms with E-state index in [1.165, 1.54) is 18.0 Å². The van der Waals surface area contributed by atoms with E-state index in [9.17, 15) is 8.78 Å². The average Bonchev–Trinajstić information content (AvgIpc) is 2.23. The van der Waals surface area contributed by atoms with Gasteiger partial charge in [-0.1, -0.05) is 11.8 Å². The smallest absolute Gasteiger partial charge is 0.187 e. The van der Waals surface area contributed by atoms with E-state index < -0.39 is 12.3 Å². The molecular formula is C9H10F2N2S. The highest BCUT2D eigenvalue weighted by molar-refractivity contribution is 7.98. The van der Waals surface area contributed by atoms with E-state index in [4.69, 9.17) is 0 Å². The molecule has 0 radical (unpaired) electrons. The lowest BCUT2D eigenvalue weighted by atomic mass is 9.94. The van der Waals surface area contributed by atoms with Crippen LogP contribution in [0.2, 0.25) is 0 Å². The van der Waals surface area contributed by atoms with E-state index in [0.29, 0.717) is 22.8 Å². The van der Waals surface area contributed by atoms with Gasteiger partial charge in [0.2, 0.25) is 0 Å². The molecular weight excluding hydrogens is 206 g/mol. The Kier molecular flexibility index (Phi) is 2.67. The summed E-state index contributed by atoms with van der Waals surface area (Å²) in [6.45, 7) is 0. The Morgan fingerprint density at radius 1 is 1.50 bits per heavy atom. The number of aromatic nitrogens is 2. The van der Waals surface area contributed by atoms with Crippen molar-refractivity contribution < 1.29 is 8.78 Å². The van der Waals surface area contributed by atoms with Crippen LogP contribution in [0.4, 0.5) is 8.78 Å². The zero-order valence-corrected chi connectivity index (χ0v) is 8.52.